The monoisotopic (exact) mass is 315 g/mol. The van der Waals surface area contributed by atoms with Crippen molar-refractivity contribution in [3.8, 4) is 10.8 Å². The fourth-order valence-electron chi connectivity index (χ4n) is 3.84. The summed E-state index contributed by atoms with van der Waals surface area (Å²) in [6.45, 7) is 4.24. The van der Waals surface area contributed by atoms with Crippen molar-refractivity contribution < 1.29 is 9.47 Å². The zero-order valence-electron chi connectivity index (χ0n) is 13.3. The van der Waals surface area contributed by atoms with Gasteiger partial charge in [0, 0.05) is 29.6 Å². The molecule has 4 heteroatoms. The van der Waals surface area contributed by atoms with Gasteiger partial charge in [-0.25, -0.2) is 0 Å². The van der Waals surface area contributed by atoms with Crippen LogP contribution in [0.15, 0.2) is 18.2 Å². The Balaban J connectivity index is 1.76. The van der Waals surface area contributed by atoms with Crippen molar-refractivity contribution in [3.63, 3.8) is 0 Å². The van der Waals surface area contributed by atoms with Gasteiger partial charge in [0.15, 0.2) is 5.06 Å². The number of nitrogens with zero attached hydrogens (tertiary/aromatic N) is 1. The van der Waals surface area contributed by atoms with Crippen LogP contribution in [0.5, 0.6) is 10.8 Å². The molecule has 0 aliphatic carbocycles. The average molecular weight is 315 g/mol. The first-order valence-corrected chi connectivity index (χ1v) is 8.59. The minimum Gasteiger partial charge on any atom is -0.496 e. The first kappa shape index (κ1) is 14.1. The lowest BCUT2D eigenvalue weighted by molar-refractivity contribution is 0.162. The number of methoxy groups -OCH3 is 2. The molecule has 0 saturated carbocycles. The highest BCUT2D eigenvalue weighted by Gasteiger charge is 2.35. The van der Waals surface area contributed by atoms with Gasteiger partial charge in [-0.3, -0.25) is 4.90 Å². The van der Waals surface area contributed by atoms with Crippen molar-refractivity contribution in [1.82, 2.24) is 4.90 Å². The molecule has 0 N–H and O–H groups in total. The number of rotatable bonds is 2. The van der Waals surface area contributed by atoms with Gasteiger partial charge in [0.1, 0.15) is 5.75 Å². The number of fused-ring (bicyclic) bond motifs is 4. The minimum atomic E-state index is 0.498. The summed E-state index contributed by atoms with van der Waals surface area (Å²) < 4.78 is 11.1. The van der Waals surface area contributed by atoms with Gasteiger partial charge in [-0.1, -0.05) is 12.1 Å². The summed E-state index contributed by atoms with van der Waals surface area (Å²) in [7, 11) is 3.55. The van der Waals surface area contributed by atoms with E-state index in [2.05, 4.69) is 30.0 Å². The molecule has 1 atom stereocenters. The molecule has 3 heterocycles. The molecule has 2 aliphatic heterocycles. The Labute approximate surface area is 135 Å². The van der Waals surface area contributed by atoms with Gasteiger partial charge >= 0.3 is 0 Å². The fourth-order valence-corrected chi connectivity index (χ4v) is 5.00. The highest BCUT2D eigenvalue weighted by atomic mass is 32.1. The molecule has 116 valence electrons. The third-order valence-electron chi connectivity index (χ3n) is 4.97. The van der Waals surface area contributed by atoms with Gasteiger partial charge < -0.3 is 9.47 Å². The van der Waals surface area contributed by atoms with E-state index in [0.717, 1.165) is 36.7 Å². The molecule has 1 aromatic carbocycles. The Bertz CT molecular complexity index is 722. The van der Waals surface area contributed by atoms with E-state index in [9.17, 15) is 0 Å². The quantitative estimate of drug-likeness (QED) is 0.843. The summed E-state index contributed by atoms with van der Waals surface area (Å²) in [5.41, 5.74) is 5.52. The zero-order chi connectivity index (χ0) is 15.3. The smallest absolute Gasteiger partial charge is 0.173 e. The molecule has 1 aromatic heterocycles. The Morgan fingerprint density at radius 1 is 1.18 bits per heavy atom. The van der Waals surface area contributed by atoms with Crippen LogP contribution in [0.25, 0.3) is 0 Å². The van der Waals surface area contributed by atoms with Gasteiger partial charge in [0.25, 0.3) is 0 Å². The predicted octanol–water partition coefficient (Wildman–Crippen LogP) is 3.73. The number of ether oxygens (including phenoxy) is 2. The van der Waals surface area contributed by atoms with Crippen LogP contribution in [0.2, 0.25) is 0 Å². The number of hydrogen-bond acceptors (Lipinski definition) is 4. The summed E-state index contributed by atoms with van der Waals surface area (Å²) in [6.07, 6.45) is 2.19. The van der Waals surface area contributed by atoms with E-state index in [0.29, 0.717) is 6.04 Å². The molecule has 22 heavy (non-hydrogen) atoms. The second-order valence-corrected chi connectivity index (χ2v) is 7.20. The van der Waals surface area contributed by atoms with E-state index in [1.165, 1.54) is 27.1 Å². The van der Waals surface area contributed by atoms with Crippen molar-refractivity contribution in [2.45, 2.75) is 32.4 Å². The Hall–Kier alpha value is -1.52. The van der Waals surface area contributed by atoms with Crippen molar-refractivity contribution in [2.24, 2.45) is 0 Å². The van der Waals surface area contributed by atoms with Gasteiger partial charge in [-0.2, -0.15) is 0 Å². The molecule has 0 unspecified atom stereocenters. The molecule has 0 amide bonds. The lowest BCUT2D eigenvalue weighted by Crippen LogP contribution is -2.38. The third-order valence-corrected chi connectivity index (χ3v) is 6.20. The zero-order valence-corrected chi connectivity index (χ0v) is 14.1. The number of thiophene rings is 1. The van der Waals surface area contributed by atoms with Crippen LogP contribution in [-0.4, -0.2) is 25.7 Å². The largest absolute Gasteiger partial charge is 0.496 e. The van der Waals surface area contributed by atoms with Crippen LogP contribution < -0.4 is 9.47 Å². The summed E-state index contributed by atoms with van der Waals surface area (Å²) in [5.74, 6) is 1.07. The van der Waals surface area contributed by atoms with Crippen LogP contribution in [0.4, 0.5) is 0 Å². The molecule has 4 rings (SSSR count). The van der Waals surface area contributed by atoms with Crippen LogP contribution in [0, 0.1) is 6.92 Å². The van der Waals surface area contributed by atoms with Crippen LogP contribution in [-0.2, 0) is 19.4 Å². The van der Waals surface area contributed by atoms with E-state index >= 15 is 0 Å². The summed E-state index contributed by atoms with van der Waals surface area (Å²) in [6, 6.07) is 7.19. The molecule has 0 bridgehead atoms. The SMILES string of the molecule is COc1cc2c(s1)[C@@H]1Cc3ccc(C)c(OC)c3CN1CC2. The second kappa shape index (κ2) is 5.28. The van der Waals surface area contributed by atoms with Crippen LogP contribution in [0.3, 0.4) is 0 Å². The lowest BCUT2D eigenvalue weighted by atomic mass is 9.87. The summed E-state index contributed by atoms with van der Waals surface area (Å²) in [4.78, 5) is 4.09. The van der Waals surface area contributed by atoms with Crippen LogP contribution >= 0.6 is 11.3 Å². The fraction of sp³-hybridized carbons (Fsp3) is 0.444. The van der Waals surface area contributed by atoms with E-state index in [4.69, 9.17) is 9.47 Å². The molecule has 2 aromatic rings. The number of hydrogen-bond donors (Lipinski definition) is 0. The first-order chi connectivity index (χ1) is 10.7. The lowest BCUT2D eigenvalue weighted by Gasteiger charge is -2.40. The van der Waals surface area contributed by atoms with Crippen molar-refractivity contribution >= 4 is 11.3 Å². The standard InChI is InChI=1S/C18H21NO2S/c1-11-4-5-12-8-15-18-13(9-16(20-2)22-18)6-7-19(15)10-14(12)17(11)21-3/h4-5,9,15H,6-8,10H2,1-3H3/t15-/m0/s1. The number of aryl methyl sites for hydroxylation is 1. The highest BCUT2D eigenvalue weighted by molar-refractivity contribution is 7.14. The Morgan fingerprint density at radius 3 is 2.82 bits per heavy atom. The maximum atomic E-state index is 5.67. The normalized spacial score (nSPS) is 20.0. The maximum Gasteiger partial charge on any atom is 0.173 e. The van der Waals surface area contributed by atoms with E-state index in [-0.39, 0.29) is 0 Å². The summed E-state index contributed by atoms with van der Waals surface area (Å²) in [5, 5.41) is 1.04. The Morgan fingerprint density at radius 2 is 2.05 bits per heavy atom. The molecular weight excluding hydrogens is 294 g/mol. The van der Waals surface area contributed by atoms with Gasteiger partial charge in [0.05, 0.1) is 14.2 Å². The van der Waals surface area contributed by atoms with E-state index < -0.39 is 0 Å². The highest BCUT2D eigenvalue weighted by Crippen LogP contribution is 2.45. The maximum absolute atomic E-state index is 5.67. The van der Waals surface area contributed by atoms with Crippen molar-refractivity contribution in [2.75, 3.05) is 20.8 Å². The third kappa shape index (κ3) is 2.05. The number of benzene rings is 1. The molecule has 0 radical (unpaired) electrons. The van der Waals surface area contributed by atoms with Gasteiger partial charge in [-0.05, 0) is 42.5 Å². The van der Waals surface area contributed by atoms with E-state index in [1.807, 2.05) is 11.3 Å². The van der Waals surface area contributed by atoms with Crippen molar-refractivity contribution in [1.29, 1.82) is 0 Å². The topological polar surface area (TPSA) is 21.7 Å². The molecule has 2 aliphatic rings. The summed E-state index contributed by atoms with van der Waals surface area (Å²) >= 11 is 1.81. The molecular formula is C18H21NO2S. The van der Waals surface area contributed by atoms with E-state index in [1.54, 1.807) is 14.2 Å². The minimum absolute atomic E-state index is 0.498. The average Bonchev–Trinajstić information content (AvgIpc) is 2.97. The van der Waals surface area contributed by atoms with Crippen LogP contribution in [0.1, 0.15) is 33.2 Å². The predicted molar refractivity (Wildman–Crippen MR) is 89.2 cm³/mol. The van der Waals surface area contributed by atoms with Gasteiger partial charge in [0.2, 0.25) is 0 Å². The Kier molecular flexibility index (Phi) is 3.39. The van der Waals surface area contributed by atoms with Gasteiger partial charge in [-0.15, -0.1) is 11.3 Å². The second-order valence-electron chi connectivity index (χ2n) is 6.15. The molecule has 0 saturated heterocycles. The molecule has 0 fully saturated rings. The molecule has 0 spiro atoms. The van der Waals surface area contributed by atoms with Crippen molar-refractivity contribution in [3.05, 3.63) is 45.3 Å². The first-order valence-electron chi connectivity index (χ1n) is 7.77. The molecule has 3 nitrogen and oxygen atoms in total.